The second-order valence-electron chi connectivity index (χ2n) is 5.27. The molecule has 0 atom stereocenters. The first kappa shape index (κ1) is 15.8. The van der Waals surface area contributed by atoms with Crippen molar-refractivity contribution in [2.24, 2.45) is 0 Å². The molecule has 4 aromatic rings. The topological polar surface area (TPSA) is 56.5 Å². The summed E-state index contributed by atoms with van der Waals surface area (Å²) in [6, 6.07) is 14.8. The summed E-state index contributed by atoms with van der Waals surface area (Å²) in [6.07, 6.45) is 1.79. The van der Waals surface area contributed by atoms with Crippen LogP contribution in [0.5, 0.6) is 5.75 Å². The molecule has 0 unspecified atom stereocenters. The SMILES string of the molecule is COc1ccccc1/C=c1/sc2nc(-c3ccccc3Cl)nn2c1=O. The van der Waals surface area contributed by atoms with Crippen LogP contribution in [0, 0.1) is 0 Å². The first-order chi connectivity index (χ1) is 12.2. The molecule has 25 heavy (non-hydrogen) atoms. The van der Waals surface area contributed by atoms with Gasteiger partial charge in [-0.05, 0) is 24.3 Å². The first-order valence-electron chi connectivity index (χ1n) is 7.46. The average Bonchev–Trinajstić information content (AvgIpc) is 3.16. The summed E-state index contributed by atoms with van der Waals surface area (Å²) in [6.45, 7) is 0. The summed E-state index contributed by atoms with van der Waals surface area (Å²) in [4.78, 5) is 17.6. The second-order valence-corrected chi connectivity index (χ2v) is 6.68. The van der Waals surface area contributed by atoms with Crippen LogP contribution in [-0.4, -0.2) is 21.7 Å². The smallest absolute Gasteiger partial charge is 0.291 e. The Morgan fingerprint density at radius 1 is 1.16 bits per heavy atom. The Kier molecular flexibility index (Phi) is 3.99. The van der Waals surface area contributed by atoms with Gasteiger partial charge in [0.25, 0.3) is 5.56 Å². The Hall–Kier alpha value is -2.70. The van der Waals surface area contributed by atoms with Crippen LogP contribution in [-0.2, 0) is 0 Å². The van der Waals surface area contributed by atoms with E-state index in [-0.39, 0.29) is 5.56 Å². The van der Waals surface area contributed by atoms with E-state index in [0.717, 1.165) is 5.56 Å². The molecule has 0 amide bonds. The highest BCUT2D eigenvalue weighted by molar-refractivity contribution is 7.15. The minimum atomic E-state index is -0.211. The number of rotatable bonds is 3. The van der Waals surface area contributed by atoms with Crippen LogP contribution in [0.2, 0.25) is 5.02 Å². The number of methoxy groups -OCH3 is 1. The minimum Gasteiger partial charge on any atom is -0.496 e. The van der Waals surface area contributed by atoms with E-state index in [4.69, 9.17) is 16.3 Å². The van der Waals surface area contributed by atoms with Gasteiger partial charge in [-0.1, -0.05) is 53.3 Å². The summed E-state index contributed by atoms with van der Waals surface area (Å²) in [5.41, 5.74) is 1.32. The number of para-hydroxylation sites is 1. The van der Waals surface area contributed by atoms with E-state index in [2.05, 4.69) is 10.1 Å². The molecule has 0 aliphatic heterocycles. The molecule has 2 heterocycles. The van der Waals surface area contributed by atoms with Gasteiger partial charge in [0.2, 0.25) is 4.96 Å². The fraction of sp³-hybridized carbons (Fsp3) is 0.0556. The lowest BCUT2D eigenvalue weighted by atomic mass is 10.2. The van der Waals surface area contributed by atoms with Crippen molar-refractivity contribution >= 4 is 34.0 Å². The molecule has 0 radical (unpaired) electrons. The molecule has 4 rings (SSSR count). The Bertz CT molecular complexity index is 1180. The largest absolute Gasteiger partial charge is 0.496 e. The quantitative estimate of drug-likeness (QED) is 0.557. The molecule has 7 heteroatoms. The lowest BCUT2D eigenvalue weighted by Crippen LogP contribution is -2.23. The zero-order valence-electron chi connectivity index (χ0n) is 13.1. The molecule has 2 aromatic heterocycles. The van der Waals surface area contributed by atoms with Crippen molar-refractivity contribution in [2.45, 2.75) is 0 Å². The number of thiazole rings is 1. The zero-order chi connectivity index (χ0) is 17.4. The molecule has 0 saturated carbocycles. The Morgan fingerprint density at radius 3 is 2.68 bits per heavy atom. The highest BCUT2D eigenvalue weighted by Crippen LogP contribution is 2.25. The molecular weight excluding hydrogens is 358 g/mol. The maximum Gasteiger partial charge on any atom is 0.291 e. The number of ether oxygens (including phenoxy) is 1. The van der Waals surface area contributed by atoms with Crippen molar-refractivity contribution in [1.29, 1.82) is 0 Å². The van der Waals surface area contributed by atoms with Gasteiger partial charge in [-0.3, -0.25) is 4.79 Å². The fourth-order valence-corrected chi connectivity index (χ4v) is 3.64. The van der Waals surface area contributed by atoms with Crippen molar-refractivity contribution in [2.75, 3.05) is 7.11 Å². The van der Waals surface area contributed by atoms with E-state index >= 15 is 0 Å². The van der Waals surface area contributed by atoms with Gasteiger partial charge in [0.1, 0.15) is 5.75 Å². The van der Waals surface area contributed by atoms with E-state index in [1.165, 1.54) is 15.9 Å². The van der Waals surface area contributed by atoms with Crippen LogP contribution in [0.25, 0.3) is 22.4 Å². The second kappa shape index (κ2) is 6.31. The van der Waals surface area contributed by atoms with Gasteiger partial charge in [-0.25, -0.2) is 0 Å². The summed E-state index contributed by atoms with van der Waals surface area (Å²) in [5.74, 6) is 1.15. The molecule has 0 spiro atoms. The number of hydrogen-bond donors (Lipinski definition) is 0. The molecule has 0 aliphatic carbocycles. The van der Waals surface area contributed by atoms with Crippen LogP contribution in [0.4, 0.5) is 0 Å². The highest BCUT2D eigenvalue weighted by atomic mass is 35.5. The van der Waals surface area contributed by atoms with Crippen molar-refractivity contribution in [3.05, 3.63) is 74.0 Å². The van der Waals surface area contributed by atoms with Gasteiger partial charge in [-0.15, -0.1) is 5.10 Å². The maximum atomic E-state index is 12.6. The van der Waals surface area contributed by atoms with Crippen LogP contribution in [0.15, 0.2) is 53.3 Å². The summed E-state index contributed by atoms with van der Waals surface area (Å²) in [5, 5.41) is 4.87. The van der Waals surface area contributed by atoms with Gasteiger partial charge < -0.3 is 4.74 Å². The predicted octanol–water partition coefficient (Wildman–Crippen LogP) is 3.03. The van der Waals surface area contributed by atoms with E-state index in [1.807, 2.05) is 42.5 Å². The average molecular weight is 370 g/mol. The maximum absolute atomic E-state index is 12.6. The monoisotopic (exact) mass is 369 g/mol. The molecule has 5 nitrogen and oxygen atoms in total. The zero-order valence-corrected chi connectivity index (χ0v) is 14.7. The third-order valence-electron chi connectivity index (χ3n) is 3.72. The van der Waals surface area contributed by atoms with E-state index in [0.29, 0.717) is 31.7 Å². The number of nitrogens with zero attached hydrogens (tertiary/aromatic N) is 3. The van der Waals surface area contributed by atoms with E-state index < -0.39 is 0 Å². The van der Waals surface area contributed by atoms with Crippen LogP contribution >= 0.6 is 22.9 Å². The molecule has 2 aromatic carbocycles. The van der Waals surface area contributed by atoms with Crippen LogP contribution < -0.4 is 14.8 Å². The van der Waals surface area contributed by atoms with Gasteiger partial charge in [-0.2, -0.15) is 9.50 Å². The lowest BCUT2D eigenvalue weighted by Gasteiger charge is -2.02. The molecular formula is C18H12ClN3O2S. The van der Waals surface area contributed by atoms with E-state index in [9.17, 15) is 4.79 Å². The lowest BCUT2D eigenvalue weighted by molar-refractivity contribution is 0.414. The summed E-state index contributed by atoms with van der Waals surface area (Å²) in [7, 11) is 1.60. The van der Waals surface area contributed by atoms with Gasteiger partial charge >= 0.3 is 0 Å². The summed E-state index contributed by atoms with van der Waals surface area (Å²) < 4.78 is 7.18. The number of fused-ring (bicyclic) bond motifs is 1. The number of aromatic nitrogens is 3. The summed E-state index contributed by atoms with van der Waals surface area (Å²) >= 11 is 7.46. The van der Waals surface area contributed by atoms with Crippen molar-refractivity contribution in [3.63, 3.8) is 0 Å². The fourth-order valence-electron chi connectivity index (χ4n) is 2.52. The van der Waals surface area contributed by atoms with Gasteiger partial charge in [0, 0.05) is 11.1 Å². The standard InChI is InChI=1S/C18H12ClN3O2S/c1-24-14-9-5-2-6-11(14)10-15-17(23)22-18(25-15)20-16(21-22)12-7-3-4-8-13(12)19/h2-10H,1H3/b15-10+. The number of halogens is 1. The minimum absolute atomic E-state index is 0.211. The Labute approximate surface area is 151 Å². The van der Waals surface area contributed by atoms with Gasteiger partial charge in [0.15, 0.2) is 5.82 Å². The first-order valence-corrected chi connectivity index (χ1v) is 8.66. The normalized spacial score (nSPS) is 12.0. The molecule has 0 saturated heterocycles. The number of hydrogen-bond acceptors (Lipinski definition) is 5. The molecule has 0 N–H and O–H groups in total. The van der Waals surface area contributed by atoms with Crippen molar-refractivity contribution < 1.29 is 4.74 Å². The predicted molar refractivity (Wildman–Crippen MR) is 99.4 cm³/mol. The Balaban J connectivity index is 1.85. The third-order valence-corrected chi connectivity index (χ3v) is 5.01. The highest BCUT2D eigenvalue weighted by Gasteiger charge is 2.14. The molecule has 0 fully saturated rings. The van der Waals surface area contributed by atoms with Gasteiger partial charge in [0.05, 0.1) is 16.7 Å². The molecule has 0 bridgehead atoms. The van der Waals surface area contributed by atoms with E-state index in [1.54, 1.807) is 19.3 Å². The van der Waals surface area contributed by atoms with Crippen LogP contribution in [0.3, 0.4) is 0 Å². The van der Waals surface area contributed by atoms with Crippen molar-refractivity contribution in [3.8, 4) is 17.1 Å². The Morgan fingerprint density at radius 2 is 1.92 bits per heavy atom. The van der Waals surface area contributed by atoms with Crippen molar-refractivity contribution in [1.82, 2.24) is 14.6 Å². The third kappa shape index (κ3) is 2.79. The molecule has 0 aliphatic rings. The number of benzene rings is 2. The van der Waals surface area contributed by atoms with Crippen LogP contribution in [0.1, 0.15) is 5.56 Å². The molecule has 124 valence electrons.